The van der Waals surface area contributed by atoms with E-state index in [4.69, 9.17) is 9.52 Å². The van der Waals surface area contributed by atoms with Gasteiger partial charge in [-0.3, -0.25) is 0 Å². The van der Waals surface area contributed by atoms with Crippen molar-refractivity contribution in [3.8, 4) is 0 Å². The maximum Gasteiger partial charge on any atom is 0.343 e. The van der Waals surface area contributed by atoms with E-state index in [-0.39, 0.29) is 11.7 Å². The second-order valence-corrected chi connectivity index (χ2v) is 3.01. The predicted molar refractivity (Wildman–Crippen MR) is 51.0 cm³/mol. The Bertz CT molecular complexity index is 380. The van der Waals surface area contributed by atoms with Crippen LogP contribution in [0.15, 0.2) is 33.5 Å². The number of benzene rings is 1. The van der Waals surface area contributed by atoms with E-state index in [1.165, 1.54) is 0 Å². The second-order valence-electron chi connectivity index (χ2n) is 3.01. The van der Waals surface area contributed by atoms with Gasteiger partial charge in [0.25, 0.3) is 0 Å². The minimum atomic E-state index is -0.241. The van der Waals surface area contributed by atoms with Crippen LogP contribution in [-0.4, -0.2) is 11.2 Å². The molecule has 0 aliphatic rings. The summed E-state index contributed by atoms with van der Waals surface area (Å²) >= 11 is 0. The highest BCUT2D eigenvalue weighted by Crippen LogP contribution is 2.04. The lowest BCUT2D eigenvalue weighted by atomic mass is 10.2. The van der Waals surface area contributed by atoms with Gasteiger partial charge in [0.15, 0.2) is 0 Å². The Morgan fingerprint density at radius 1 is 1.23 bits per heavy atom. The number of fused-ring (bicyclic) bond motifs is 3. The molecule has 0 aliphatic heterocycles. The summed E-state index contributed by atoms with van der Waals surface area (Å²) in [6.07, 6.45) is -0.167. The molecule has 0 saturated heterocycles. The first-order chi connectivity index (χ1) is 6.09. The monoisotopic (exact) mass is 180 g/mol. The summed E-state index contributed by atoms with van der Waals surface area (Å²) in [6, 6.07) is 7.05. The molecular weight excluding hydrogens is 168 g/mol. The standard InChI is InChI=1S/C7H4O2.C3H8O/c8-7-5-1-3-6(9-7)4-2-5;1-3(2)4/h1-4H;3-4H,1-2H3. The topological polar surface area (TPSA) is 50.4 Å². The van der Waals surface area contributed by atoms with Gasteiger partial charge in [-0.2, -0.15) is 0 Å². The highest BCUT2D eigenvalue weighted by molar-refractivity contribution is 5.59. The summed E-state index contributed by atoms with van der Waals surface area (Å²) in [5.74, 6) is 0. The average molecular weight is 180 g/mol. The van der Waals surface area contributed by atoms with Crippen molar-refractivity contribution < 1.29 is 9.52 Å². The third kappa shape index (κ3) is 2.87. The normalized spacial score (nSPS) is 10.2. The summed E-state index contributed by atoms with van der Waals surface area (Å²) in [7, 11) is 0. The Morgan fingerprint density at radius 3 is 1.85 bits per heavy atom. The molecule has 0 aliphatic carbocycles. The summed E-state index contributed by atoms with van der Waals surface area (Å²) in [5, 5.41) is 8.69. The molecule has 0 atom stereocenters. The van der Waals surface area contributed by atoms with E-state index >= 15 is 0 Å². The van der Waals surface area contributed by atoms with Gasteiger partial charge in [0.1, 0.15) is 5.58 Å². The zero-order chi connectivity index (χ0) is 9.84. The molecule has 70 valence electrons. The maximum atomic E-state index is 10.7. The Balaban J connectivity index is 0.000000184. The third-order valence-corrected chi connectivity index (χ3v) is 1.30. The fraction of sp³-hybridized carbons (Fsp3) is 0.300. The highest BCUT2D eigenvalue weighted by Gasteiger charge is 1.95. The van der Waals surface area contributed by atoms with Gasteiger partial charge < -0.3 is 9.52 Å². The number of aliphatic hydroxyl groups is 1. The summed E-state index contributed by atoms with van der Waals surface area (Å²) in [5.41, 5.74) is 0.394. The molecule has 1 N–H and O–H groups in total. The Morgan fingerprint density at radius 2 is 1.69 bits per heavy atom. The van der Waals surface area contributed by atoms with E-state index in [2.05, 4.69) is 0 Å². The molecule has 0 amide bonds. The van der Waals surface area contributed by atoms with E-state index in [1.807, 2.05) is 0 Å². The van der Waals surface area contributed by atoms with Crippen molar-refractivity contribution >= 4 is 11.0 Å². The molecule has 2 aromatic heterocycles. The molecule has 0 radical (unpaired) electrons. The van der Waals surface area contributed by atoms with Crippen LogP contribution in [0.1, 0.15) is 13.8 Å². The molecule has 0 unspecified atom stereocenters. The smallest absolute Gasteiger partial charge is 0.343 e. The minimum Gasteiger partial charge on any atom is -0.423 e. The molecule has 3 aromatic rings. The lowest BCUT2D eigenvalue weighted by Gasteiger charge is -1.91. The first-order valence-electron chi connectivity index (χ1n) is 4.10. The van der Waals surface area contributed by atoms with Gasteiger partial charge in [0.05, 0.1) is 5.39 Å². The lowest BCUT2D eigenvalue weighted by molar-refractivity contribution is 0.216. The molecule has 13 heavy (non-hydrogen) atoms. The van der Waals surface area contributed by atoms with Crippen molar-refractivity contribution in [2.24, 2.45) is 0 Å². The summed E-state index contributed by atoms with van der Waals surface area (Å²) < 4.78 is 4.75. The Kier molecular flexibility index (Phi) is 3.03. The van der Waals surface area contributed by atoms with Crippen molar-refractivity contribution in [2.75, 3.05) is 0 Å². The van der Waals surface area contributed by atoms with Crippen LogP contribution >= 0.6 is 0 Å². The van der Waals surface area contributed by atoms with Crippen molar-refractivity contribution in [3.63, 3.8) is 0 Å². The molecule has 0 spiro atoms. The van der Waals surface area contributed by atoms with Crippen molar-refractivity contribution in [3.05, 3.63) is 34.7 Å². The van der Waals surface area contributed by atoms with E-state index < -0.39 is 0 Å². The SMILES string of the molecule is CC(C)O.O=c1oc2ccc1cc2. The summed E-state index contributed by atoms with van der Waals surface area (Å²) in [6.45, 7) is 3.44. The Hall–Kier alpha value is -1.35. The van der Waals surface area contributed by atoms with Crippen molar-refractivity contribution in [1.82, 2.24) is 0 Å². The predicted octanol–water partition coefficient (Wildman–Crippen LogP) is 1.62. The minimum absolute atomic E-state index is 0.167. The van der Waals surface area contributed by atoms with Crippen molar-refractivity contribution in [2.45, 2.75) is 20.0 Å². The molecule has 0 fully saturated rings. The van der Waals surface area contributed by atoms with Crippen LogP contribution in [0, 0.1) is 0 Å². The first-order valence-corrected chi connectivity index (χ1v) is 4.10. The molecular formula is C10H12O3. The number of rotatable bonds is 0. The van der Waals surface area contributed by atoms with Crippen LogP contribution in [0.3, 0.4) is 0 Å². The van der Waals surface area contributed by atoms with Crippen LogP contribution < -0.4 is 5.63 Å². The molecule has 3 nitrogen and oxygen atoms in total. The van der Waals surface area contributed by atoms with Crippen LogP contribution in [0.25, 0.3) is 11.0 Å². The molecule has 2 heterocycles. The van der Waals surface area contributed by atoms with E-state index in [9.17, 15) is 4.79 Å². The quantitative estimate of drug-likeness (QED) is 0.670. The average Bonchev–Trinajstić information content (AvgIpc) is 2.04. The van der Waals surface area contributed by atoms with Crippen LogP contribution in [0.2, 0.25) is 0 Å². The van der Waals surface area contributed by atoms with Gasteiger partial charge in [-0.25, -0.2) is 4.79 Å². The molecule has 2 bridgehead atoms. The number of hydrogen-bond donors (Lipinski definition) is 1. The fourth-order valence-corrected chi connectivity index (χ4v) is 0.825. The van der Waals surface area contributed by atoms with E-state index in [0.29, 0.717) is 11.0 Å². The first kappa shape index (κ1) is 9.74. The van der Waals surface area contributed by atoms with E-state index in [1.54, 1.807) is 38.1 Å². The second kappa shape index (κ2) is 4.05. The number of aliphatic hydroxyl groups excluding tert-OH is 1. The largest absolute Gasteiger partial charge is 0.423 e. The van der Waals surface area contributed by atoms with E-state index in [0.717, 1.165) is 0 Å². The third-order valence-electron chi connectivity index (χ3n) is 1.30. The zero-order valence-electron chi connectivity index (χ0n) is 7.65. The van der Waals surface area contributed by atoms with Crippen LogP contribution in [0.4, 0.5) is 0 Å². The molecule has 0 saturated carbocycles. The van der Waals surface area contributed by atoms with Gasteiger partial charge in [-0.05, 0) is 38.1 Å². The fourth-order valence-electron chi connectivity index (χ4n) is 0.825. The van der Waals surface area contributed by atoms with Gasteiger partial charge in [-0.1, -0.05) is 0 Å². The van der Waals surface area contributed by atoms with Crippen molar-refractivity contribution in [1.29, 1.82) is 0 Å². The summed E-state index contributed by atoms with van der Waals surface area (Å²) in [4.78, 5) is 10.7. The zero-order valence-corrected chi connectivity index (χ0v) is 7.65. The van der Waals surface area contributed by atoms with Gasteiger partial charge >= 0.3 is 5.63 Å². The Labute approximate surface area is 76.0 Å². The van der Waals surface area contributed by atoms with Crippen LogP contribution in [-0.2, 0) is 0 Å². The number of hydrogen-bond acceptors (Lipinski definition) is 3. The van der Waals surface area contributed by atoms with Crippen LogP contribution in [0.5, 0.6) is 0 Å². The van der Waals surface area contributed by atoms with Gasteiger partial charge in [0.2, 0.25) is 0 Å². The lowest BCUT2D eigenvalue weighted by Crippen LogP contribution is -1.98. The molecule has 3 heteroatoms. The van der Waals surface area contributed by atoms with Gasteiger partial charge in [0, 0.05) is 6.10 Å². The molecule has 1 aromatic carbocycles. The molecule has 3 rings (SSSR count). The van der Waals surface area contributed by atoms with Gasteiger partial charge in [-0.15, -0.1) is 0 Å². The maximum absolute atomic E-state index is 10.7. The highest BCUT2D eigenvalue weighted by atomic mass is 16.4.